The highest BCUT2D eigenvalue weighted by Gasteiger charge is 2.30. The molecule has 0 saturated heterocycles. The number of tetrazole rings is 1. The van der Waals surface area contributed by atoms with Crippen molar-refractivity contribution in [2.75, 3.05) is 13.2 Å². The maximum absolute atomic E-state index is 9.22. The lowest BCUT2D eigenvalue weighted by molar-refractivity contribution is 0.139. The summed E-state index contributed by atoms with van der Waals surface area (Å²) in [5, 5.41) is 21.2. The molecule has 1 heterocycles. The van der Waals surface area contributed by atoms with Crippen LogP contribution in [0.1, 0.15) is 50.4 Å². The number of rotatable bonds is 6. The molecule has 100 valence electrons. The summed E-state index contributed by atoms with van der Waals surface area (Å²) in [5.74, 6) is 0.956. The molecule has 2 aliphatic carbocycles. The number of hydrogen-bond acceptors (Lipinski definition) is 5. The zero-order chi connectivity index (χ0) is 12.4. The van der Waals surface area contributed by atoms with Gasteiger partial charge in [0.15, 0.2) is 5.82 Å². The van der Waals surface area contributed by atoms with E-state index < -0.39 is 0 Å². The van der Waals surface area contributed by atoms with Gasteiger partial charge in [0, 0.05) is 12.6 Å². The molecule has 2 saturated carbocycles. The summed E-state index contributed by atoms with van der Waals surface area (Å²) < 4.78 is 1.97. The lowest BCUT2D eigenvalue weighted by Gasteiger charge is -2.27. The highest BCUT2D eigenvalue weighted by Crippen LogP contribution is 2.34. The van der Waals surface area contributed by atoms with Crippen LogP contribution < -0.4 is 0 Å². The average Bonchev–Trinajstić information content (AvgIpc) is 2.92. The molecule has 0 aromatic carbocycles. The van der Waals surface area contributed by atoms with Crippen LogP contribution in [-0.2, 0) is 6.54 Å². The van der Waals surface area contributed by atoms with Gasteiger partial charge in [0.2, 0.25) is 0 Å². The van der Waals surface area contributed by atoms with Crippen molar-refractivity contribution in [3.8, 4) is 0 Å². The maximum Gasteiger partial charge on any atom is 0.165 e. The molecule has 1 N–H and O–H groups in total. The molecule has 0 atom stereocenters. The normalized spacial score (nSPS) is 21.0. The molecule has 2 fully saturated rings. The Balaban J connectivity index is 1.68. The molecule has 18 heavy (non-hydrogen) atoms. The summed E-state index contributed by atoms with van der Waals surface area (Å²) in [6.07, 6.45) is 7.49. The van der Waals surface area contributed by atoms with Gasteiger partial charge in [-0.15, -0.1) is 5.10 Å². The van der Waals surface area contributed by atoms with Crippen LogP contribution in [-0.4, -0.2) is 49.4 Å². The van der Waals surface area contributed by atoms with Crippen molar-refractivity contribution in [1.82, 2.24) is 25.1 Å². The lowest BCUT2D eigenvalue weighted by Crippen LogP contribution is -2.36. The number of aliphatic hydroxyl groups is 1. The zero-order valence-electron chi connectivity index (χ0n) is 10.7. The summed E-state index contributed by atoms with van der Waals surface area (Å²) >= 11 is 0. The van der Waals surface area contributed by atoms with Gasteiger partial charge in [0.25, 0.3) is 0 Å². The fraction of sp³-hybridized carbons (Fsp3) is 0.917. The minimum absolute atomic E-state index is 0.210. The summed E-state index contributed by atoms with van der Waals surface area (Å²) in [7, 11) is 0. The first-order chi connectivity index (χ1) is 8.88. The third kappa shape index (κ3) is 2.54. The van der Waals surface area contributed by atoms with Crippen molar-refractivity contribution < 1.29 is 5.11 Å². The van der Waals surface area contributed by atoms with Crippen molar-refractivity contribution in [1.29, 1.82) is 0 Å². The maximum atomic E-state index is 9.22. The van der Waals surface area contributed by atoms with Crippen LogP contribution in [0.4, 0.5) is 0 Å². The molecule has 0 spiro atoms. The second kappa shape index (κ2) is 5.32. The molecule has 0 aliphatic heterocycles. The smallest absolute Gasteiger partial charge is 0.165 e. The Morgan fingerprint density at radius 2 is 2.00 bits per heavy atom. The van der Waals surface area contributed by atoms with Gasteiger partial charge in [-0.25, -0.2) is 4.68 Å². The van der Waals surface area contributed by atoms with E-state index in [1.165, 1.54) is 38.5 Å². The predicted molar refractivity (Wildman–Crippen MR) is 65.8 cm³/mol. The number of aromatic nitrogens is 4. The molecule has 6 nitrogen and oxygen atoms in total. The fourth-order valence-corrected chi connectivity index (χ4v) is 2.89. The van der Waals surface area contributed by atoms with E-state index in [9.17, 15) is 5.11 Å². The Bertz CT molecular complexity index is 384. The second-order valence-corrected chi connectivity index (χ2v) is 5.40. The molecule has 0 radical (unpaired) electrons. The van der Waals surface area contributed by atoms with Gasteiger partial charge in [0.1, 0.15) is 0 Å². The molecule has 0 unspecified atom stereocenters. The first-order valence-corrected chi connectivity index (χ1v) is 7.00. The third-order valence-electron chi connectivity index (χ3n) is 4.03. The molecule has 3 rings (SSSR count). The SMILES string of the molecule is OCCN(Cc1nnnn1C1CC1)C1CCCC1. The van der Waals surface area contributed by atoms with E-state index in [1.807, 2.05) is 4.68 Å². The van der Waals surface area contributed by atoms with E-state index in [0.717, 1.165) is 18.9 Å². The molecule has 2 aliphatic rings. The highest BCUT2D eigenvalue weighted by atomic mass is 16.3. The minimum atomic E-state index is 0.210. The van der Waals surface area contributed by atoms with Gasteiger partial charge in [-0.3, -0.25) is 4.90 Å². The summed E-state index contributed by atoms with van der Waals surface area (Å²) in [6, 6.07) is 1.12. The van der Waals surface area contributed by atoms with E-state index >= 15 is 0 Å². The van der Waals surface area contributed by atoms with Crippen molar-refractivity contribution in [3.05, 3.63) is 5.82 Å². The molecule has 1 aromatic heterocycles. The Labute approximate surface area is 107 Å². The molecule has 1 aromatic rings. The van der Waals surface area contributed by atoms with E-state index in [4.69, 9.17) is 0 Å². The number of aliphatic hydroxyl groups excluding tert-OH is 1. The van der Waals surface area contributed by atoms with Gasteiger partial charge in [-0.2, -0.15) is 0 Å². The first-order valence-electron chi connectivity index (χ1n) is 7.00. The first kappa shape index (κ1) is 12.0. The Hall–Kier alpha value is -1.01. The topological polar surface area (TPSA) is 67.1 Å². The Kier molecular flexibility index (Phi) is 3.56. The van der Waals surface area contributed by atoms with Crippen LogP contribution >= 0.6 is 0 Å². The average molecular weight is 251 g/mol. The van der Waals surface area contributed by atoms with Crippen molar-refractivity contribution in [3.63, 3.8) is 0 Å². The third-order valence-corrected chi connectivity index (χ3v) is 4.03. The fourth-order valence-electron chi connectivity index (χ4n) is 2.89. The minimum Gasteiger partial charge on any atom is -0.395 e. The van der Waals surface area contributed by atoms with Crippen LogP contribution in [0.3, 0.4) is 0 Å². The predicted octanol–water partition coefficient (Wildman–Crippen LogP) is 0.745. The zero-order valence-corrected chi connectivity index (χ0v) is 10.7. The van der Waals surface area contributed by atoms with E-state index in [0.29, 0.717) is 12.1 Å². The highest BCUT2D eigenvalue weighted by molar-refractivity contribution is 4.91. The second-order valence-electron chi connectivity index (χ2n) is 5.40. The van der Waals surface area contributed by atoms with Crippen LogP contribution in [0.5, 0.6) is 0 Å². The molecule has 6 heteroatoms. The molecular formula is C12H21N5O. The van der Waals surface area contributed by atoms with Crippen LogP contribution in [0.2, 0.25) is 0 Å². The van der Waals surface area contributed by atoms with Gasteiger partial charge in [-0.1, -0.05) is 12.8 Å². The van der Waals surface area contributed by atoms with E-state index in [-0.39, 0.29) is 6.61 Å². The standard InChI is InChI=1S/C12H21N5O/c18-8-7-16(10-3-1-2-4-10)9-12-13-14-15-17(12)11-5-6-11/h10-11,18H,1-9H2. The van der Waals surface area contributed by atoms with Crippen molar-refractivity contribution in [2.24, 2.45) is 0 Å². The Morgan fingerprint density at radius 1 is 1.22 bits per heavy atom. The number of nitrogens with zero attached hydrogens (tertiary/aromatic N) is 5. The van der Waals surface area contributed by atoms with Crippen LogP contribution in [0.25, 0.3) is 0 Å². The summed E-state index contributed by atoms with van der Waals surface area (Å²) in [4.78, 5) is 2.34. The number of hydrogen-bond donors (Lipinski definition) is 1. The van der Waals surface area contributed by atoms with Gasteiger partial charge in [0.05, 0.1) is 19.2 Å². The van der Waals surface area contributed by atoms with Crippen LogP contribution in [0, 0.1) is 0 Å². The van der Waals surface area contributed by atoms with Crippen molar-refractivity contribution in [2.45, 2.75) is 57.2 Å². The Morgan fingerprint density at radius 3 is 2.67 bits per heavy atom. The van der Waals surface area contributed by atoms with Gasteiger partial charge < -0.3 is 5.11 Å². The largest absolute Gasteiger partial charge is 0.395 e. The van der Waals surface area contributed by atoms with Gasteiger partial charge >= 0.3 is 0 Å². The molecule has 0 amide bonds. The van der Waals surface area contributed by atoms with Gasteiger partial charge in [-0.05, 0) is 36.1 Å². The summed E-state index contributed by atoms with van der Waals surface area (Å²) in [6.45, 7) is 1.71. The lowest BCUT2D eigenvalue weighted by atomic mass is 10.2. The molecule has 0 bridgehead atoms. The van der Waals surface area contributed by atoms with Crippen molar-refractivity contribution >= 4 is 0 Å². The monoisotopic (exact) mass is 251 g/mol. The quantitative estimate of drug-likeness (QED) is 0.808. The van der Waals surface area contributed by atoms with E-state index in [1.54, 1.807) is 0 Å². The van der Waals surface area contributed by atoms with E-state index in [2.05, 4.69) is 20.4 Å². The molecular weight excluding hydrogens is 230 g/mol. The summed E-state index contributed by atoms with van der Waals surface area (Å²) in [5.41, 5.74) is 0. The van der Waals surface area contributed by atoms with Crippen LogP contribution in [0.15, 0.2) is 0 Å².